The lowest BCUT2D eigenvalue weighted by Crippen LogP contribution is -1.94. The van der Waals surface area contributed by atoms with Crippen molar-refractivity contribution in [1.82, 2.24) is 0 Å². The monoisotopic (exact) mass is 776 g/mol. The van der Waals surface area contributed by atoms with Crippen LogP contribution < -0.4 is 0 Å². The van der Waals surface area contributed by atoms with Gasteiger partial charge in [0, 0.05) is 0 Å². The molecule has 0 radical (unpaired) electrons. The van der Waals surface area contributed by atoms with Gasteiger partial charge in [0.25, 0.3) is 0 Å². The van der Waals surface area contributed by atoms with Crippen LogP contribution in [-0.4, -0.2) is 0 Å². The second kappa shape index (κ2) is 17.2. The van der Waals surface area contributed by atoms with Gasteiger partial charge in [0.2, 0.25) is 0 Å². The number of benzene rings is 10. The number of hydrogen-bond donors (Lipinski definition) is 0. The van der Waals surface area contributed by atoms with E-state index in [1.54, 1.807) is 0 Å². The fourth-order valence-electron chi connectivity index (χ4n) is 8.53. The molecule has 0 fully saturated rings. The second-order valence-corrected chi connectivity index (χ2v) is 15.8. The molecule has 0 heteroatoms. The van der Waals surface area contributed by atoms with Crippen molar-refractivity contribution in [3.05, 3.63) is 266 Å². The van der Waals surface area contributed by atoms with Gasteiger partial charge in [-0.15, -0.1) is 0 Å². The predicted octanol–water partition coefficient (Wildman–Crippen LogP) is 16.6. The van der Waals surface area contributed by atoms with Crippen LogP contribution in [0, 0.1) is 0 Å². The molecule has 0 aliphatic heterocycles. The lowest BCUT2D eigenvalue weighted by molar-refractivity contribution is 1.20. The van der Waals surface area contributed by atoms with Gasteiger partial charge in [-0.25, -0.2) is 0 Å². The van der Waals surface area contributed by atoms with E-state index in [9.17, 15) is 0 Å². The molecule has 0 atom stereocenters. The van der Waals surface area contributed by atoms with Gasteiger partial charge in [0.1, 0.15) is 0 Å². The van der Waals surface area contributed by atoms with Crippen LogP contribution in [0.25, 0.3) is 89.0 Å². The summed E-state index contributed by atoms with van der Waals surface area (Å²) >= 11 is 0. The normalized spacial score (nSPS) is 11.0. The predicted molar refractivity (Wildman–Crippen MR) is 259 cm³/mol. The summed E-state index contributed by atoms with van der Waals surface area (Å²) in [6.07, 6.45) is 0.773. The highest BCUT2D eigenvalue weighted by molar-refractivity contribution is 5.82. The summed E-state index contributed by atoms with van der Waals surface area (Å²) in [7, 11) is 0. The molecule has 0 unspecified atom stereocenters. The van der Waals surface area contributed by atoms with E-state index >= 15 is 0 Å². The van der Waals surface area contributed by atoms with Gasteiger partial charge in [0.05, 0.1) is 0 Å². The van der Waals surface area contributed by atoms with Crippen molar-refractivity contribution in [3.63, 3.8) is 0 Å². The van der Waals surface area contributed by atoms with Crippen molar-refractivity contribution in [1.29, 1.82) is 0 Å². The van der Waals surface area contributed by atoms with Gasteiger partial charge in [-0.05, 0) is 143 Å². The maximum atomic E-state index is 2.40. The van der Waals surface area contributed by atoms with Crippen LogP contribution in [0.2, 0.25) is 0 Å². The molecular weight excluding hydrogens is 733 g/mol. The Hall–Kier alpha value is -7.80. The number of rotatable bonds is 10. The standard InChI is InChI=1S/C61H44/c1-5-17-46(18-6-1)50-25-13-29-54(38-50)58-34-44(35-59(42-58)55-30-14-26-51(39-55)47-19-7-2-8-20-47)33-45-36-60(56-31-15-27-52(40-56)48-21-9-3-10-22-48)43-61(37-45)57-32-16-28-53(41-57)49-23-11-4-12-24-49/h1-32,34-43H,33H2. The Morgan fingerprint density at radius 3 is 0.557 bits per heavy atom. The third-order valence-electron chi connectivity index (χ3n) is 11.6. The summed E-state index contributed by atoms with van der Waals surface area (Å²) in [5.41, 5.74) is 21.9. The molecule has 0 nitrogen and oxygen atoms in total. The first kappa shape index (κ1) is 37.5. The highest BCUT2D eigenvalue weighted by Crippen LogP contribution is 2.37. The quantitative estimate of drug-likeness (QED) is 0.130. The lowest BCUT2D eigenvalue weighted by Gasteiger charge is -2.15. The van der Waals surface area contributed by atoms with E-state index in [2.05, 4.69) is 255 Å². The van der Waals surface area contributed by atoms with Gasteiger partial charge < -0.3 is 0 Å². The molecule has 10 rings (SSSR count). The molecule has 0 spiro atoms. The topological polar surface area (TPSA) is 0 Å². The zero-order chi connectivity index (χ0) is 40.8. The second-order valence-electron chi connectivity index (χ2n) is 15.8. The summed E-state index contributed by atoms with van der Waals surface area (Å²) in [5, 5.41) is 0. The fraction of sp³-hybridized carbons (Fsp3) is 0.0164. The molecule has 10 aromatic carbocycles. The van der Waals surface area contributed by atoms with Crippen LogP contribution >= 0.6 is 0 Å². The van der Waals surface area contributed by atoms with E-state index in [4.69, 9.17) is 0 Å². The van der Waals surface area contributed by atoms with Gasteiger partial charge in [-0.2, -0.15) is 0 Å². The zero-order valence-corrected chi connectivity index (χ0v) is 34.0. The summed E-state index contributed by atoms with van der Waals surface area (Å²) < 4.78 is 0. The maximum Gasteiger partial charge on any atom is -0.00249 e. The Balaban J connectivity index is 1.11. The minimum absolute atomic E-state index is 0.773. The van der Waals surface area contributed by atoms with Crippen LogP contribution in [0.5, 0.6) is 0 Å². The van der Waals surface area contributed by atoms with E-state index in [-0.39, 0.29) is 0 Å². The Labute approximate surface area is 359 Å². The van der Waals surface area contributed by atoms with Crippen molar-refractivity contribution in [2.24, 2.45) is 0 Å². The van der Waals surface area contributed by atoms with Crippen molar-refractivity contribution in [3.8, 4) is 89.0 Å². The Kier molecular flexibility index (Phi) is 10.6. The van der Waals surface area contributed by atoms with E-state index in [0.29, 0.717) is 0 Å². The molecule has 0 saturated heterocycles. The average molecular weight is 777 g/mol. The van der Waals surface area contributed by atoms with Crippen molar-refractivity contribution < 1.29 is 0 Å². The van der Waals surface area contributed by atoms with Gasteiger partial charge in [-0.1, -0.05) is 218 Å². The van der Waals surface area contributed by atoms with Crippen LogP contribution in [0.15, 0.2) is 255 Å². The molecule has 0 aliphatic carbocycles. The Morgan fingerprint density at radius 2 is 0.328 bits per heavy atom. The Morgan fingerprint density at radius 1 is 0.148 bits per heavy atom. The molecule has 0 bridgehead atoms. The van der Waals surface area contributed by atoms with E-state index in [1.165, 1.54) is 100 Å². The van der Waals surface area contributed by atoms with Gasteiger partial charge in [-0.3, -0.25) is 0 Å². The van der Waals surface area contributed by atoms with Crippen LogP contribution in [0.3, 0.4) is 0 Å². The lowest BCUT2D eigenvalue weighted by atomic mass is 9.89. The van der Waals surface area contributed by atoms with Crippen molar-refractivity contribution in [2.45, 2.75) is 6.42 Å². The first-order chi connectivity index (χ1) is 30.2. The molecule has 0 N–H and O–H groups in total. The first-order valence-corrected chi connectivity index (χ1v) is 21.1. The smallest absolute Gasteiger partial charge is 0.00249 e. The highest BCUT2D eigenvalue weighted by atomic mass is 14.2. The molecule has 61 heavy (non-hydrogen) atoms. The maximum absolute atomic E-state index is 2.40. The van der Waals surface area contributed by atoms with Crippen LogP contribution in [-0.2, 0) is 6.42 Å². The minimum Gasteiger partial charge on any atom is -0.0622 e. The Bertz CT molecular complexity index is 2660. The summed E-state index contributed by atoms with van der Waals surface area (Å²) in [4.78, 5) is 0. The zero-order valence-electron chi connectivity index (χ0n) is 34.0. The molecule has 0 heterocycles. The van der Waals surface area contributed by atoms with Gasteiger partial charge >= 0.3 is 0 Å². The fourth-order valence-corrected chi connectivity index (χ4v) is 8.53. The van der Waals surface area contributed by atoms with Crippen molar-refractivity contribution in [2.75, 3.05) is 0 Å². The molecule has 0 saturated carbocycles. The first-order valence-electron chi connectivity index (χ1n) is 21.1. The molecule has 0 amide bonds. The summed E-state index contributed by atoms with van der Waals surface area (Å²) in [6, 6.07) is 92.8. The molecule has 0 aliphatic rings. The average Bonchev–Trinajstić information content (AvgIpc) is 3.35. The summed E-state index contributed by atoms with van der Waals surface area (Å²) in [6.45, 7) is 0. The van der Waals surface area contributed by atoms with Crippen LogP contribution in [0.1, 0.15) is 11.1 Å². The third-order valence-corrected chi connectivity index (χ3v) is 11.6. The number of hydrogen-bond acceptors (Lipinski definition) is 0. The van der Waals surface area contributed by atoms with Gasteiger partial charge in [0.15, 0.2) is 0 Å². The highest BCUT2D eigenvalue weighted by Gasteiger charge is 2.13. The molecular formula is C61H44. The van der Waals surface area contributed by atoms with E-state index in [0.717, 1.165) is 6.42 Å². The SMILES string of the molecule is c1ccc(-c2cccc(-c3cc(Cc4cc(-c5cccc(-c6ccccc6)c5)cc(-c5cccc(-c6ccccc6)c5)c4)cc(-c4cccc(-c5ccccc5)c4)c3)c2)cc1. The third kappa shape index (κ3) is 8.53. The molecule has 288 valence electrons. The van der Waals surface area contributed by atoms with Crippen LogP contribution in [0.4, 0.5) is 0 Å². The largest absolute Gasteiger partial charge is 0.0622 e. The minimum atomic E-state index is 0.773. The molecule has 10 aromatic rings. The van der Waals surface area contributed by atoms with Crippen molar-refractivity contribution >= 4 is 0 Å². The molecule has 0 aromatic heterocycles. The summed E-state index contributed by atoms with van der Waals surface area (Å²) in [5.74, 6) is 0. The van der Waals surface area contributed by atoms with E-state index < -0.39 is 0 Å². The van der Waals surface area contributed by atoms with E-state index in [1.807, 2.05) is 0 Å².